The first-order chi connectivity index (χ1) is 11.8. The highest BCUT2D eigenvalue weighted by molar-refractivity contribution is 5.97. The third-order valence-corrected chi connectivity index (χ3v) is 3.71. The minimum absolute atomic E-state index is 0.0852. The van der Waals surface area contributed by atoms with Crippen LogP contribution in [-0.4, -0.2) is 24.0 Å². The molecule has 24 heavy (non-hydrogen) atoms. The molecule has 2 heterocycles. The fourth-order valence-corrected chi connectivity index (χ4v) is 2.55. The van der Waals surface area contributed by atoms with E-state index in [-0.39, 0.29) is 5.91 Å². The number of fused-ring (bicyclic) bond motifs is 1. The average Bonchev–Trinajstić information content (AvgIpc) is 3.01. The lowest BCUT2D eigenvalue weighted by Gasteiger charge is -2.07. The molecule has 0 aliphatic heterocycles. The largest absolute Gasteiger partial charge is 0.461 e. The molecule has 1 aromatic carbocycles. The first-order valence-corrected chi connectivity index (χ1v) is 8.22. The maximum absolute atomic E-state index is 12.2. The van der Waals surface area contributed by atoms with Crippen LogP contribution in [0.4, 0.5) is 5.82 Å². The molecule has 0 saturated carbocycles. The highest BCUT2D eigenvalue weighted by Gasteiger charge is 2.09. The maximum atomic E-state index is 12.2. The molecule has 5 nitrogen and oxygen atoms in total. The van der Waals surface area contributed by atoms with Crippen LogP contribution in [0.3, 0.4) is 0 Å². The summed E-state index contributed by atoms with van der Waals surface area (Å²) in [5, 5.41) is 7.03. The highest BCUT2D eigenvalue weighted by atomic mass is 16.3. The van der Waals surface area contributed by atoms with Crippen LogP contribution < -0.4 is 10.6 Å². The van der Waals surface area contributed by atoms with Gasteiger partial charge in [-0.1, -0.05) is 13.0 Å². The summed E-state index contributed by atoms with van der Waals surface area (Å²) >= 11 is 0. The molecule has 2 aromatic heterocycles. The number of carbonyl (C=O) groups is 1. The van der Waals surface area contributed by atoms with Crippen LogP contribution in [-0.2, 0) is 6.42 Å². The Balaban J connectivity index is 1.55. The highest BCUT2D eigenvalue weighted by Crippen LogP contribution is 2.21. The Bertz CT molecular complexity index is 812. The number of nitrogens with one attached hydrogen (secondary N) is 2. The SMILES string of the molecule is CCCc1cc2cc(C(=O)NCCNc3ccccn3)ccc2o1. The number of rotatable bonds is 7. The van der Waals surface area contributed by atoms with Gasteiger partial charge in [-0.25, -0.2) is 4.98 Å². The van der Waals surface area contributed by atoms with E-state index in [1.165, 1.54) is 0 Å². The number of aryl methyl sites for hydroxylation is 1. The van der Waals surface area contributed by atoms with Gasteiger partial charge in [0.15, 0.2) is 0 Å². The Morgan fingerprint density at radius 2 is 2.08 bits per heavy atom. The maximum Gasteiger partial charge on any atom is 0.251 e. The van der Waals surface area contributed by atoms with Crippen molar-refractivity contribution in [2.24, 2.45) is 0 Å². The van der Waals surface area contributed by atoms with Crippen LogP contribution in [0.15, 0.2) is 53.1 Å². The van der Waals surface area contributed by atoms with Crippen molar-refractivity contribution >= 4 is 22.7 Å². The second-order valence-corrected chi connectivity index (χ2v) is 5.61. The lowest BCUT2D eigenvalue weighted by molar-refractivity contribution is 0.0955. The van der Waals surface area contributed by atoms with Crippen LogP contribution in [0.2, 0.25) is 0 Å². The summed E-state index contributed by atoms with van der Waals surface area (Å²) in [5.74, 6) is 1.68. The number of aromatic nitrogens is 1. The molecule has 2 N–H and O–H groups in total. The van der Waals surface area contributed by atoms with Crippen molar-refractivity contribution in [3.63, 3.8) is 0 Å². The summed E-state index contributed by atoms with van der Waals surface area (Å²) in [7, 11) is 0. The molecule has 0 aliphatic rings. The number of amides is 1. The number of hydrogen-bond donors (Lipinski definition) is 2. The molecule has 0 aliphatic carbocycles. The molecule has 124 valence electrons. The van der Waals surface area contributed by atoms with Gasteiger partial charge in [0, 0.05) is 36.7 Å². The van der Waals surface area contributed by atoms with Gasteiger partial charge in [0.05, 0.1) is 0 Å². The fraction of sp³-hybridized carbons (Fsp3) is 0.263. The van der Waals surface area contributed by atoms with Crippen LogP contribution >= 0.6 is 0 Å². The standard InChI is InChI=1S/C19H21N3O2/c1-2-5-16-13-15-12-14(7-8-17(15)24-16)19(23)22-11-10-21-18-6-3-4-9-20-18/h3-4,6-9,12-13H,2,5,10-11H2,1H3,(H,20,21)(H,22,23). The van der Waals surface area contributed by atoms with Crippen LogP contribution in [0.25, 0.3) is 11.0 Å². The Hall–Kier alpha value is -2.82. The van der Waals surface area contributed by atoms with Crippen molar-refractivity contribution in [1.29, 1.82) is 0 Å². The second-order valence-electron chi connectivity index (χ2n) is 5.61. The van der Waals surface area contributed by atoms with E-state index in [0.29, 0.717) is 18.7 Å². The molecule has 0 saturated heterocycles. The van der Waals surface area contributed by atoms with Gasteiger partial charge in [-0.05, 0) is 42.8 Å². The lowest BCUT2D eigenvalue weighted by Crippen LogP contribution is -2.28. The average molecular weight is 323 g/mol. The van der Waals surface area contributed by atoms with E-state index in [4.69, 9.17) is 4.42 Å². The predicted molar refractivity (Wildman–Crippen MR) is 95.3 cm³/mol. The van der Waals surface area contributed by atoms with E-state index in [1.54, 1.807) is 12.3 Å². The summed E-state index contributed by atoms with van der Waals surface area (Å²) in [4.78, 5) is 16.4. The summed E-state index contributed by atoms with van der Waals surface area (Å²) in [6.45, 7) is 3.27. The molecule has 0 atom stereocenters. The van der Waals surface area contributed by atoms with Gasteiger partial charge in [-0.3, -0.25) is 4.79 Å². The Morgan fingerprint density at radius 3 is 2.88 bits per heavy atom. The molecule has 3 rings (SSSR count). The van der Waals surface area contributed by atoms with Crippen molar-refractivity contribution in [1.82, 2.24) is 10.3 Å². The lowest BCUT2D eigenvalue weighted by atomic mass is 10.1. The minimum Gasteiger partial charge on any atom is -0.461 e. The minimum atomic E-state index is -0.0852. The molecule has 0 spiro atoms. The number of hydrogen-bond acceptors (Lipinski definition) is 4. The van der Waals surface area contributed by atoms with Crippen molar-refractivity contribution < 1.29 is 9.21 Å². The number of furan rings is 1. The molecule has 0 bridgehead atoms. The van der Waals surface area contributed by atoms with Gasteiger partial charge in [-0.15, -0.1) is 0 Å². The number of pyridine rings is 1. The van der Waals surface area contributed by atoms with E-state index < -0.39 is 0 Å². The van der Waals surface area contributed by atoms with Crippen molar-refractivity contribution in [2.75, 3.05) is 18.4 Å². The van der Waals surface area contributed by atoms with E-state index in [1.807, 2.05) is 36.4 Å². The van der Waals surface area contributed by atoms with Crippen LogP contribution in [0.1, 0.15) is 29.5 Å². The van der Waals surface area contributed by atoms with Gasteiger partial charge >= 0.3 is 0 Å². The van der Waals surface area contributed by atoms with Crippen LogP contribution in [0, 0.1) is 0 Å². The predicted octanol–water partition coefficient (Wildman–Crippen LogP) is 3.62. The Morgan fingerprint density at radius 1 is 1.17 bits per heavy atom. The number of anilines is 1. The zero-order valence-corrected chi connectivity index (χ0v) is 13.7. The zero-order chi connectivity index (χ0) is 16.8. The topological polar surface area (TPSA) is 67.2 Å². The quantitative estimate of drug-likeness (QED) is 0.652. The summed E-state index contributed by atoms with van der Waals surface area (Å²) in [6.07, 6.45) is 3.68. The van der Waals surface area contributed by atoms with Gasteiger partial charge in [-0.2, -0.15) is 0 Å². The van der Waals surface area contributed by atoms with Crippen molar-refractivity contribution in [3.8, 4) is 0 Å². The first-order valence-electron chi connectivity index (χ1n) is 8.22. The van der Waals surface area contributed by atoms with E-state index in [0.717, 1.165) is 35.4 Å². The first kappa shape index (κ1) is 16.1. The van der Waals surface area contributed by atoms with E-state index in [9.17, 15) is 4.79 Å². The molecule has 0 unspecified atom stereocenters. The number of benzene rings is 1. The van der Waals surface area contributed by atoms with Crippen LogP contribution in [0.5, 0.6) is 0 Å². The van der Waals surface area contributed by atoms with Crippen molar-refractivity contribution in [3.05, 3.63) is 60.0 Å². The normalized spacial score (nSPS) is 10.7. The molecule has 0 radical (unpaired) electrons. The van der Waals surface area contributed by atoms with Crippen molar-refractivity contribution in [2.45, 2.75) is 19.8 Å². The molecule has 1 amide bonds. The smallest absolute Gasteiger partial charge is 0.251 e. The van der Waals surface area contributed by atoms with Gasteiger partial charge in [0.1, 0.15) is 17.2 Å². The molecular weight excluding hydrogens is 302 g/mol. The van der Waals surface area contributed by atoms with Gasteiger partial charge < -0.3 is 15.1 Å². The fourth-order valence-electron chi connectivity index (χ4n) is 2.55. The molecular formula is C19H21N3O2. The molecule has 3 aromatic rings. The molecule has 0 fully saturated rings. The monoisotopic (exact) mass is 323 g/mol. The van der Waals surface area contributed by atoms with Gasteiger partial charge in [0.25, 0.3) is 5.91 Å². The number of nitrogens with zero attached hydrogens (tertiary/aromatic N) is 1. The third-order valence-electron chi connectivity index (χ3n) is 3.71. The third kappa shape index (κ3) is 3.93. The molecule has 5 heteroatoms. The van der Waals surface area contributed by atoms with E-state index >= 15 is 0 Å². The Labute approximate surface area is 141 Å². The Kier molecular flexibility index (Phi) is 5.11. The van der Waals surface area contributed by atoms with E-state index in [2.05, 4.69) is 22.5 Å². The zero-order valence-electron chi connectivity index (χ0n) is 13.7. The summed E-state index contributed by atoms with van der Waals surface area (Å²) < 4.78 is 5.74. The van der Waals surface area contributed by atoms with Gasteiger partial charge in [0.2, 0.25) is 0 Å². The summed E-state index contributed by atoms with van der Waals surface area (Å²) in [5.41, 5.74) is 1.47. The summed E-state index contributed by atoms with van der Waals surface area (Å²) in [6, 6.07) is 13.2. The second kappa shape index (κ2) is 7.64. The number of carbonyl (C=O) groups excluding carboxylic acids is 1.